The molecule has 0 spiro atoms. The number of nitrogens with one attached hydrogen (secondary N) is 1. The molecule has 1 aromatic rings. The summed E-state index contributed by atoms with van der Waals surface area (Å²) >= 11 is 0. The Hall–Kier alpha value is -1.34. The first-order valence-corrected chi connectivity index (χ1v) is 7.30. The molecular formula is C10H9ClFNO4S. The van der Waals surface area contributed by atoms with Gasteiger partial charge in [-0.3, -0.25) is 0 Å². The summed E-state index contributed by atoms with van der Waals surface area (Å²) < 4.78 is 39.7. The zero-order valence-electron chi connectivity index (χ0n) is 8.97. The fourth-order valence-electron chi connectivity index (χ4n) is 1.70. The highest BCUT2D eigenvalue weighted by molar-refractivity contribution is 8.13. The summed E-state index contributed by atoms with van der Waals surface area (Å²) in [7, 11) is 1.37. The Morgan fingerprint density at radius 1 is 1.33 bits per heavy atom. The smallest absolute Gasteiger partial charge is 0.408 e. The third-order valence-electron chi connectivity index (χ3n) is 2.56. The van der Waals surface area contributed by atoms with Gasteiger partial charge >= 0.3 is 6.09 Å². The lowest BCUT2D eigenvalue weighted by molar-refractivity contribution is 0.128. The Bertz CT molecular complexity index is 560. The fraction of sp³-hybridized carbons (Fsp3) is 0.300. The van der Waals surface area contributed by atoms with E-state index in [0.29, 0.717) is 5.56 Å². The van der Waals surface area contributed by atoms with Gasteiger partial charge in [0.2, 0.25) is 0 Å². The molecule has 18 heavy (non-hydrogen) atoms. The number of halogens is 2. The summed E-state index contributed by atoms with van der Waals surface area (Å²) in [6.07, 6.45) is -1.47. The number of ether oxygens (including phenoxy) is 1. The molecule has 1 aliphatic rings. The van der Waals surface area contributed by atoms with Crippen LogP contribution in [0.15, 0.2) is 29.2 Å². The van der Waals surface area contributed by atoms with Gasteiger partial charge in [-0.1, -0.05) is 12.1 Å². The second-order valence-electron chi connectivity index (χ2n) is 3.74. The van der Waals surface area contributed by atoms with Gasteiger partial charge in [-0.05, 0) is 17.7 Å². The Balaban J connectivity index is 2.27. The molecule has 8 heteroatoms. The van der Waals surface area contributed by atoms with E-state index in [1.165, 1.54) is 24.3 Å². The van der Waals surface area contributed by atoms with E-state index in [4.69, 9.17) is 15.4 Å². The highest BCUT2D eigenvalue weighted by Gasteiger charge is 2.35. The maximum Gasteiger partial charge on any atom is 0.408 e. The Morgan fingerprint density at radius 3 is 2.44 bits per heavy atom. The minimum Gasteiger partial charge on any atom is -0.439 e. The van der Waals surface area contributed by atoms with E-state index in [9.17, 15) is 17.6 Å². The molecule has 0 aromatic heterocycles. The molecule has 1 amide bonds. The predicted molar refractivity (Wildman–Crippen MR) is 61.6 cm³/mol. The van der Waals surface area contributed by atoms with Crippen molar-refractivity contribution in [3.63, 3.8) is 0 Å². The lowest BCUT2D eigenvalue weighted by atomic mass is 10.0. The molecule has 0 aliphatic carbocycles. The van der Waals surface area contributed by atoms with E-state index in [-0.39, 0.29) is 4.90 Å². The standard InChI is InChI=1S/C10H9ClFNO4S/c11-18(15,16)7-3-1-6(2-4-7)9-8(5-12)13-10(14)17-9/h1-4,8-9H,5H2,(H,13,14)/t8-,9-/m1/s1. The summed E-state index contributed by atoms with van der Waals surface area (Å²) in [6.45, 7) is -0.772. The van der Waals surface area contributed by atoms with Crippen molar-refractivity contribution in [2.75, 3.05) is 6.67 Å². The van der Waals surface area contributed by atoms with Crippen LogP contribution >= 0.6 is 10.7 Å². The molecule has 2 rings (SSSR count). The van der Waals surface area contributed by atoms with E-state index in [1.54, 1.807) is 0 Å². The first-order chi connectivity index (χ1) is 8.41. The SMILES string of the molecule is O=C1N[C@H](CF)[C@@H](c2ccc(S(=O)(=O)Cl)cc2)O1. The van der Waals surface area contributed by atoms with E-state index < -0.39 is 34.0 Å². The molecule has 1 saturated heterocycles. The summed E-state index contributed by atoms with van der Waals surface area (Å²) in [4.78, 5) is 10.9. The lowest BCUT2D eigenvalue weighted by Crippen LogP contribution is -2.29. The van der Waals surface area contributed by atoms with Crippen LogP contribution in [0, 0.1) is 0 Å². The number of hydrogen-bond acceptors (Lipinski definition) is 4. The Morgan fingerprint density at radius 2 is 1.94 bits per heavy atom. The molecule has 0 saturated carbocycles. The quantitative estimate of drug-likeness (QED) is 0.862. The molecule has 98 valence electrons. The van der Waals surface area contributed by atoms with Gasteiger partial charge in [0.05, 0.1) is 4.90 Å². The summed E-state index contributed by atoms with van der Waals surface area (Å²) in [6, 6.07) is 4.65. The number of benzene rings is 1. The monoisotopic (exact) mass is 293 g/mol. The van der Waals surface area contributed by atoms with Crippen molar-refractivity contribution in [2.24, 2.45) is 0 Å². The average Bonchev–Trinajstić information content (AvgIpc) is 2.69. The Labute approximate surface area is 107 Å². The van der Waals surface area contributed by atoms with E-state index in [1.807, 2.05) is 0 Å². The number of carbonyl (C=O) groups excluding carboxylic acids is 1. The first kappa shape index (κ1) is 13.1. The minimum absolute atomic E-state index is 0.0676. The molecule has 0 unspecified atom stereocenters. The summed E-state index contributed by atoms with van der Waals surface area (Å²) in [5.41, 5.74) is 0.500. The van der Waals surface area contributed by atoms with Gasteiger partial charge in [-0.2, -0.15) is 0 Å². The molecular weight excluding hydrogens is 285 g/mol. The van der Waals surface area contributed by atoms with Crippen molar-refractivity contribution >= 4 is 25.8 Å². The zero-order valence-corrected chi connectivity index (χ0v) is 10.5. The Kier molecular flexibility index (Phi) is 3.45. The van der Waals surface area contributed by atoms with Gasteiger partial charge in [-0.25, -0.2) is 17.6 Å². The third-order valence-corrected chi connectivity index (χ3v) is 3.93. The maximum atomic E-state index is 12.7. The normalized spacial score (nSPS) is 23.6. The highest BCUT2D eigenvalue weighted by atomic mass is 35.7. The van der Waals surface area contributed by atoms with Crippen LogP contribution in [0.25, 0.3) is 0 Å². The second kappa shape index (κ2) is 4.74. The average molecular weight is 294 g/mol. The summed E-state index contributed by atoms with van der Waals surface area (Å²) in [5, 5.41) is 2.32. The molecule has 1 N–H and O–H groups in total. The molecule has 0 radical (unpaired) electrons. The lowest BCUT2D eigenvalue weighted by Gasteiger charge is -2.14. The van der Waals surface area contributed by atoms with Crippen LogP contribution in [-0.2, 0) is 13.8 Å². The van der Waals surface area contributed by atoms with Crippen LogP contribution in [0.2, 0.25) is 0 Å². The van der Waals surface area contributed by atoms with Crippen molar-refractivity contribution in [1.82, 2.24) is 5.32 Å². The number of rotatable bonds is 3. The van der Waals surface area contributed by atoms with Crippen LogP contribution in [-0.4, -0.2) is 27.2 Å². The van der Waals surface area contributed by atoms with Crippen LogP contribution in [0.4, 0.5) is 9.18 Å². The number of carbonyl (C=O) groups is 1. The van der Waals surface area contributed by atoms with Crippen molar-refractivity contribution in [3.8, 4) is 0 Å². The molecule has 1 aliphatic heterocycles. The van der Waals surface area contributed by atoms with Gasteiger partial charge in [0.15, 0.2) is 6.10 Å². The van der Waals surface area contributed by atoms with Gasteiger partial charge < -0.3 is 10.1 Å². The van der Waals surface area contributed by atoms with Gasteiger partial charge in [0.1, 0.15) is 12.7 Å². The fourth-order valence-corrected chi connectivity index (χ4v) is 2.47. The zero-order chi connectivity index (χ0) is 13.3. The number of hydrogen-bond donors (Lipinski definition) is 1. The molecule has 0 bridgehead atoms. The molecule has 1 aromatic carbocycles. The number of alkyl carbamates (subject to hydrolysis) is 1. The highest BCUT2D eigenvalue weighted by Crippen LogP contribution is 2.28. The van der Waals surface area contributed by atoms with Crippen molar-refractivity contribution < 1.29 is 22.3 Å². The first-order valence-electron chi connectivity index (χ1n) is 4.99. The van der Waals surface area contributed by atoms with Crippen molar-refractivity contribution in [2.45, 2.75) is 17.0 Å². The topological polar surface area (TPSA) is 72.5 Å². The van der Waals surface area contributed by atoms with Gasteiger partial charge in [0.25, 0.3) is 9.05 Å². The van der Waals surface area contributed by atoms with E-state index in [2.05, 4.69) is 5.32 Å². The second-order valence-corrected chi connectivity index (χ2v) is 6.30. The van der Waals surface area contributed by atoms with Crippen molar-refractivity contribution in [1.29, 1.82) is 0 Å². The largest absolute Gasteiger partial charge is 0.439 e. The van der Waals surface area contributed by atoms with Crippen LogP contribution in [0.5, 0.6) is 0 Å². The molecule has 1 heterocycles. The van der Waals surface area contributed by atoms with E-state index in [0.717, 1.165) is 0 Å². The van der Waals surface area contributed by atoms with E-state index >= 15 is 0 Å². The summed E-state index contributed by atoms with van der Waals surface area (Å²) in [5.74, 6) is 0. The molecule has 2 atom stereocenters. The number of cyclic esters (lactones) is 1. The maximum absolute atomic E-state index is 12.7. The number of amides is 1. The van der Waals surface area contributed by atoms with Crippen LogP contribution in [0.1, 0.15) is 11.7 Å². The van der Waals surface area contributed by atoms with Crippen LogP contribution in [0.3, 0.4) is 0 Å². The van der Waals surface area contributed by atoms with Gasteiger partial charge in [0, 0.05) is 10.7 Å². The van der Waals surface area contributed by atoms with Crippen molar-refractivity contribution in [3.05, 3.63) is 29.8 Å². The molecule has 1 fully saturated rings. The third kappa shape index (κ3) is 2.56. The van der Waals surface area contributed by atoms with Gasteiger partial charge in [-0.15, -0.1) is 0 Å². The number of alkyl halides is 1. The predicted octanol–water partition coefficient (Wildman–Crippen LogP) is 1.73. The minimum atomic E-state index is -3.80. The molecule has 5 nitrogen and oxygen atoms in total. The van der Waals surface area contributed by atoms with Crippen LogP contribution < -0.4 is 5.32 Å².